The average Bonchev–Trinajstić information content (AvgIpc) is 3.09. The first-order valence-corrected chi connectivity index (χ1v) is 9.12. The minimum absolute atomic E-state index is 0.0551. The predicted octanol–water partition coefficient (Wildman–Crippen LogP) is 2.40. The molecule has 0 bridgehead atoms. The van der Waals surface area contributed by atoms with Crippen molar-refractivity contribution in [2.24, 2.45) is 5.41 Å². The summed E-state index contributed by atoms with van der Waals surface area (Å²) in [6.07, 6.45) is 1.47. The van der Waals surface area contributed by atoms with E-state index in [2.05, 4.69) is 5.32 Å². The lowest BCUT2D eigenvalue weighted by molar-refractivity contribution is -0.131. The van der Waals surface area contributed by atoms with E-state index >= 15 is 0 Å². The largest absolute Gasteiger partial charge is 0.350 e. The van der Waals surface area contributed by atoms with Gasteiger partial charge in [0.15, 0.2) is 5.78 Å². The molecule has 1 aliphatic rings. The van der Waals surface area contributed by atoms with Crippen LogP contribution in [-0.4, -0.2) is 34.8 Å². The molecule has 2 rings (SSSR count). The second-order valence-corrected chi connectivity index (χ2v) is 8.25. The van der Waals surface area contributed by atoms with Gasteiger partial charge in [-0.25, -0.2) is 0 Å². The van der Waals surface area contributed by atoms with Crippen LogP contribution in [0.3, 0.4) is 0 Å². The minimum Gasteiger partial charge on any atom is -0.350 e. The maximum absolute atomic E-state index is 12.1. The molecule has 1 N–H and O–H groups in total. The molecule has 5 nitrogen and oxygen atoms in total. The summed E-state index contributed by atoms with van der Waals surface area (Å²) in [6, 6.07) is 3.86. The van der Waals surface area contributed by atoms with E-state index in [0.717, 1.165) is 4.88 Å². The molecular formula is C16H20N2O3S2. The second-order valence-electron chi connectivity index (χ2n) is 6.22. The fourth-order valence-corrected chi connectivity index (χ4v) is 3.41. The summed E-state index contributed by atoms with van der Waals surface area (Å²) in [5.41, 5.74) is -0.508. The van der Waals surface area contributed by atoms with Gasteiger partial charge in [0.05, 0.1) is 17.3 Å². The van der Waals surface area contributed by atoms with E-state index in [1.165, 1.54) is 22.7 Å². The zero-order chi connectivity index (χ0) is 17.0. The van der Waals surface area contributed by atoms with Crippen molar-refractivity contribution in [3.63, 3.8) is 0 Å². The van der Waals surface area contributed by atoms with Gasteiger partial charge >= 0.3 is 0 Å². The highest BCUT2D eigenvalue weighted by molar-refractivity contribution is 8.04. The van der Waals surface area contributed by atoms with Crippen molar-refractivity contribution in [2.45, 2.75) is 27.3 Å². The number of nitrogens with one attached hydrogen (secondary N) is 1. The number of hydrogen-bond acceptors (Lipinski definition) is 5. The molecule has 124 valence electrons. The van der Waals surface area contributed by atoms with Crippen LogP contribution in [0.2, 0.25) is 0 Å². The molecule has 1 fully saturated rings. The number of carbonyl (C=O) groups is 3. The average molecular weight is 352 g/mol. The van der Waals surface area contributed by atoms with Crippen LogP contribution in [0.15, 0.2) is 28.6 Å². The van der Waals surface area contributed by atoms with Crippen molar-refractivity contribution in [1.29, 1.82) is 0 Å². The molecular weight excluding hydrogens is 332 g/mol. The monoisotopic (exact) mass is 352 g/mol. The first kappa shape index (κ1) is 17.7. The smallest absolute Gasteiger partial charge is 0.240 e. The minimum atomic E-state index is -0.508. The molecule has 0 aromatic carbocycles. The van der Waals surface area contributed by atoms with Gasteiger partial charge in [0.1, 0.15) is 6.54 Å². The van der Waals surface area contributed by atoms with Gasteiger partial charge in [-0.2, -0.15) is 0 Å². The van der Waals surface area contributed by atoms with E-state index in [-0.39, 0.29) is 29.9 Å². The summed E-state index contributed by atoms with van der Waals surface area (Å²) in [6.45, 7) is 5.87. The van der Waals surface area contributed by atoms with Gasteiger partial charge in [-0.3, -0.25) is 19.3 Å². The first-order valence-electron chi connectivity index (χ1n) is 7.26. The van der Waals surface area contributed by atoms with E-state index in [9.17, 15) is 14.4 Å². The maximum atomic E-state index is 12.1. The lowest BCUT2D eigenvalue weighted by atomic mass is 9.91. The van der Waals surface area contributed by atoms with E-state index in [1.54, 1.807) is 11.3 Å². The Morgan fingerprint density at radius 3 is 2.74 bits per heavy atom. The van der Waals surface area contributed by atoms with Crippen LogP contribution in [0.5, 0.6) is 0 Å². The third kappa shape index (κ3) is 4.94. The van der Waals surface area contributed by atoms with Gasteiger partial charge in [0.25, 0.3) is 0 Å². The van der Waals surface area contributed by atoms with Gasteiger partial charge in [0, 0.05) is 16.4 Å². The summed E-state index contributed by atoms with van der Waals surface area (Å²) in [4.78, 5) is 38.6. The highest BCUT2D eigenvalue weighted by Crippen LogP contribution is 2.30. The maximum Gasteiger partial charge on any atom is 0.240 e. The van der Waals surface area contributed by atoms with Gasteiger partial charge in [0.2, 0.25) is 11.8 Å². The van der Waals surface area contributed by atoms with E-state index in [0.29, 0.717) is 11.6 Å². The number of nitrogens with zero attached hydrogens (tertiary/aromatic N) is 1. The zero-order valence-electron chi connectivity index (χ0n) is 13.4. The van der Waals surface area contributed by atoms with Gasteiger partial charge in [-0.15, -0.1) is 11.3 Å². The van der Waals surface area contributed by atoms with Gasteiger partial charge in [-0.05, 0) is 11.4 Å². The number of thiophene rings is 1. The molecule has 1 aliphatic heterocycles. The summed E-state index contributed by atoms with van der Waals surface area (Å²) in [7, 11) is 0. The zero-order valence-corrected chi connectivity index (χ0v) is 15.1. The molecule has 2 amide bonds. The fourth-order valence-electron chi connectivity index (χ4n) is 1.83. The highest BCUT2D eigenvalue weighted by atomic mass is 32.2. The highest BCUT2D eigenvalue weighted by Gasteiger charge is 2.30. The molecule has 1 aromatic rings. The Morgan fingerprint density at radius 2 is 2.13 bits per heavy atom. The van der Waals surface area contributed by atoms with Crippen molar-refractivity contribution < 1.29 is 14.4 Å². The van der Waals surface area contributed by atoms with Crippen LogP contribution in [0.25, 0.3) is 0 Å². The van der Waals surface area contributed by atoms with Crippen LogP contribution in [-0.2, 0) is 20.9 Å². The second kappa shape index (κ2) is 7.31. The van der Waals surface area contributed by atoms with Crippen LogP contribution >= 0.6 is 23.1 Å². The van der Waals surface area contributed by atoms with Crippen molar-refractivity contribution >= 4 is 40.7 Å². The van der Waals surface area contributed by atoms with Gasteiger partial charge in [-0.1, -0.05) is 38.6 Å². The molecule has 0 radical (unpaired) electrons. The van der Waals surface area contributed by atoms with Crippen molar-refractivity contribution in [1.82, 2.24) is 10.2 Å². The van der Waals surface area contributed by atoms with Crippen molar-refractivity contribution in [3.05, 3.63) is 33.5 Å². The fraction of sp³-hybridized carbons (Fsp3) is 0.438. The Labute approximate surface area is 144 Å². The number of hydrogen-bond donors (Lipinski definition) is 1. The lowest BCUT2D eigenvalue weighted by Gasteiger charge is -2.19. The molecule has 23 heavy (non-hydrogen) atoms. The SMILES string of the molecule is CC(C)(C)C(=O)/C=C1\SCC(=O)N1CC(=O)NCc1cccs1. The molecule has 0 atom stereocenters. The van der Waals surface area contributed by atoms with Gasteiger partial charge < -0.3 is 5.32 Å². The Balaban J connectivity index is 1.98. The third-order valence-corrected chi connectivity index (χ3v) is 5.15. The molecule has 1 aromatic heterocycles. The lowest BCUT2D eigenvalue weighted by Crippen LogP contribution is -2.37. The van der Waals surface area contributed by atoms with Crippen LogP contribution in [0, 0.1) is 5.41 Å². The summed E-state index contributed by atoms with van der Waals surface area (Å²) >= 11 is 2.86. The molecule has 0 saturated carbocycles. The Hall–Kier alpha value is -1.60. The summed E-state index contributed by atoms with van der Waals surface area (Å²) < 4.78 is 0. The Morgan fingerprint density at radius 1 is 1.39 bits per heavy atom. The standard InChI is InChI=1S/C16H20N2O3S2/c1-16(2,3)12(19)7-15-18(14(21)10-23-15)9-13(20)17-8-11-5-4-6-22-11/h4-7H,8-10H2,1-3H3,(H,17,20)/b15-7-. The van der Waals surface area contributed by atoms with Crippen molar-refractivity contribution in [3.8, 4) is 0 Å². The molecule has 0 unspecified atom stereocenters. The molecule has 7 heteroatoms. The molecule has 0 aliphatic carbocycles. The van der Waals surface area contributed by atoms with E-state index in [1.807, 2.05) is 38.3 Å². The van der Waals surface area contributed by atoms with E-state index in [4.69, 9.17) is 0 Å². The number of ketones is 1. The van der Waals surface area contributed by atoms with Crippen molar-refractivity contribution in [2.75, 3.05) is 12.3 Å². The Kier molecular flexibility index (Phi) is 5.64. The number of carbonyl (C=O) groups excluding carboxylic acids is 3. The van der Waals surface area contributed by atoms with Crippen LogP contribution in [0.4, 0.5) is 0 Å². The molecule has 2 heterocycles. The number of amides is 2. The number of rotatable bonds is 5. The third-order valence-electron chi connectivity index (χ3n) is 3.25. The van der Waals surface area contributed by atoms with Crippen LogP contribution in [0.1, 0.15) is 25.6 Å². The first-order chi connectivity index (χ1) is 10.8. The summed E-state index contributed by atoms with van der Waals surface area (Å²) in [5, 5.41) is 5.29. The van der Waals surface area contributed by atoms with E-state index < -0.39 is 5.41 Å². The number of allylic oxidation sites excluding steroid dienone is 1. The topological polar surface area (TPSA) is 66.5 Å². The molecule has 0 spiro atoms. The Bertz CT molecular complexity index is 630. The number of thioether (sulfide) groups is 1. The van der Waals surface area contributed by atoms with Crippen LogP contribution < -0.4 is 5.32 Å². The normalized spacial score (nSPS) is 16.9. The quantitative estimate of drug-likeness (QED) is 0.827. The summed E-state index contributed by atoms with van der Waals surface area (Å²) in [5.74, 6) is -0.169. The molecule has 1 saturated heterocycles. The predicted molar refractivity (Wildman–Crippen MR) is 92.9 cm³/mol.